The fourth-order valence-corrected chi connectivity index (χ4v) is 4.04. The highest BCUT2D eigenvalue weighted by atomic mass is 35.5. The van der Waals surface area contributed by atoms with Gasteiger partial charge in [-0.15, -0.1) is 0 Å². The van der Waals surface area contributed by atoms with E-state index in [2.05, 4.69) is 10.3 Å². The maximum atomic E-state index is 14.0. The van der Waals surface area contributed by atoms with Crippen LogP contribution < -0.4 is 5.32 Å². The molecule has 2 aliphatic heterocycles. The lowest BCUT2D eigenvalue weighted by atomic mass is 9.95. The maximum Gasteiger partial charge on any atom is 0.322 e. The Hall–Kier alpha value is -1.92. The van der Waals surface area contributed by atoms with Gasteiger partial charge in [0.15, 0.2) is 0 Å². The first kappa shape index (κ1) is 16.5. The minimum Gasteiger partial charge on any atom is -0.314 e. The first-order valence-electron chi connectivity index (χ1n) is 7.83. The lowest BCUT2D eigenvalue weighted by Gasteiger charge is -2.36. The molecule has 0 unspecified atom stereocenters. The number of nitrogens with zero attached hydrogens (tertiary/aromatic N) is 2. The summed E-state index contributed by atoms with van der Waals surface area (Å²) in [6, 6.07) is 3.26. The SMILES string of the molecule is O=C(Nc1cc(Cl)c(Cl)cc1F)N1[C@@H]2CC[C@H]1c1ccnc(F)c1C2. The zero-order valence-electron chi connectivity index (χ0n) is 12.9. The molecule has 4 rings (SSSR count). The molecule has 4 nitrogen and oxygen atoms in total. The van der Waals surface area contributed by atoms with E-state index in [-0.39, 0.29) is 27.8 Å². The molecule has 25 heavy (non-hydrogen) atoms. The minimum absolute atomic E-state index is 0.0366. The molecule has 1 aromatic carbocycles. The summed E-state index contributed by atoms with van der Waals surface area (Å²) in [6.07, 6.45) is 3.30. The number of halogens is 4. The van der Waals surface area contributed by atoms with Crippen LogP contribution in [0.2, 0.25) is 10.0 Å². The van der Waals surface area contributed by atoms with Crippen molar-refractivity contribution in [3.8, 4) is 0 Å². The van der Waals surface area contributed by atoms with Gasteiger partial charge in [0, 0.05) is 17.8 Å². The van der Waals surface area contributed by atoms with Crippen molar-refractivity contribution >= 4 is 34.9 Å². The smallest absolute Gasteiger partial charge is 0.314 e. The molecular weight excluding hydrogens is 371 g/mol. The Bertz CT molecular complexity index is 877. The Morgan fingerprint density at radius 1 is 1.24 bits per heavy atom. The van der Waals surface area contributed by atoms with Gasteiger partial charge in [0.1, 0.15) is 5.82 Å². The van der Waals surface area contributed by atoms with Crippen molar-refractivity contribution in [3.63, 3.8) is 0 Å². The Balaban J connectivity index is 1.63. The van der Waals surface area contributed by atoms with Crippen molar-refractivity contribution in [1.29, 1.82) is 0 Å². The summed E-state index contributed by atoms with van der Waals surface area (Å²) >= 11 is 11.7. The van der Waals surface area contributed by atoms with Crippen LogP contribution in [0.1, 0.15) is 30.0 Å². The minimum atomic E-state index is -0.664. The van der Waals surface area contributed by atoms with Gasteiger partial charge >= 0.3 is 6.03 Å². The molecule has 2 bridgehead atoms. The molecule has 1 aromatic heterocycles. The topological polar surface area (TPSA) is 45.2 Å². The third-order valence-corrected chi connectivity index (χ3v) is 5.55. The third-order valence-electron chi connectivity index (χ3n) is 4.83. The summed E-state index contributed by atoms with van der Waals surface area (Å²) in [5.41, 5.74) is 1.30. The van der Waals surface area contributed by atoms with Crippen molar-refractivity contribution < 1.29 is 13.6 Å². The van der Waals surface area contributed by atoms with Gasteiger partial charge in [-0.3, -0.25) is 0 Å². The summed E-state index contributed by atoms with van der Waals surface area (Å²) < 4.78 is 28.0. The predicted molar refractivity (Wildman–Crippen MR) is 90.9 cm³/mol. The second kappa shape index (κ2) is 6.11. The number of rotatable bonds is 1. The standard InChI is InChI=1S/C17H13Cl2F2N3O/c18-11-6-13(20)14(7-12(11)19)23-17(25)24-8-1-2-15(24)9-3-4-22-16(21)10(9)5-8/h3-4,6-8,15H,1-2,5H2,(H,23,25)/t8-,15+/m1/s1. The molecule has 0 aliphatic carbocycles. The molecule has 8 heteroatoms. The highest BCUT2D eigenvalue weighted by molar-refractivity contribution is 6.42. The van der Waals surface area contributed by atoms with Gasteiger partial charge in [0.25, 0.3) is 0 Å². The van der Waals surface area contributed by atoms with Gasteiger partial charge in [-0.1, -0.05) is 23.2 Å². The van der Waals surface area contributed by atoms with Crippen LogP contribution in [0.4, 0.5) is 19.3 Å². The van der Waals surface area contributed by atoms with Crippen LogP contribution in [0.15, 0.2) is 24.4 Å². The maximum absolute atomic E-state index is 14.0. The Morgan fingerprint density at radius 2 is 2.00 bits per heavy atom. The van der Waals surface area contributed by atoms with E-state index in [0.29, 0.717) is 12.0 Å². The van der Waals surface area contributed by atoms with Gasteiger partial charge < -0.3 is 10.2 Å². The van der Waals surface area contributed by atoms with Crippen LogP contribution in [0.5, 0.6) is 0 Å². The van der Waals surface area contributed by atoms with E-state index in [9.17, 15) is 13.6 Å². The summed E-state index contributed by atoms with van der Waals surface area (Å²) in [6.45, 7) is 0. The molecule has 130 valence electrons. The van der Waals surface area contributed by atoms with Gasteiger partial charge in [-0.05, 0) is 43.0 Å². The predicted octanol–water partition coefficient (Wildman–Crippen LogP) is 4.96. The van der Waals surface area contributed by atoms with Gasteiger partial charge in [-0.25, -0.2) is 14.2 Å². The average molecular weight is 384 g/mol. The molecule has 1 N–H and O–H groups in total. The Labute approximate surface area is 152 Å². The molecule has 0 saturated carbocycles. The van der Waals surface area contributed by atoms with Crippen molar-refractivity contribution in [2.45, 2.75) is 31.3 Å². The van der Waals surface area contributed by atoms with Gasteiger partial charge in [0.2, 0.25) is 5.95 Å². The summed E-state index contributed by atoms with van der Waals surface area (Å²) in [5, 5.41) is 2.78. The van der Waals surface area contributed by atoms with E-state index >= 15 is 0 Å². The zero-order valence-corrected chi connectivity index (χ0v) is 14.4. The Morgan fingerprint density at radius 3 is 2.80 bits per heavy atom. The van der Waals surface area contributed by atoms with Gasteiger partial charge in [-0.2, -0.15) is 4.39 Å². The number of carbonyl (C=O) groups excluding carboxylic acids is 1. The quantitative estimate of drug-likeness (QED) is 0.558. The molecule has 2 amide bonds. The van der Waals surface area contributed by atoms with Crippen molar-refractivity contribution in [2.24, 2.45) is 0 Å². The summed E-state index contributed by atoms with van der Waals surface area (Å²) in [7, 11) is 0. The van der Waals surface area contributed by atoms with Crippen molar-refractivity contribution in [3.05, 3.63) is 57.3 Å². The van der Waals surface area contributed by atoms with Crippen LogP contribution >= 0.6 is 23.2 Å². The number of amides is 2. The number of urea groups is 1. The number of hydrogen-bond donors (Lipinski definition) is 1. The molecule has 3 heterocycles. The summed E-state index contributed by atoms with van der Waals surface area (Å²) in [4.78, 5) is 18.1. The second-order valence-electron chi connectivity index (χ2n) is 6.20. The summed E-state index contributed by atoms with van der Waals surface area (Å²) in [5.74, 6) is -1.15. The van der Waals surface area contributed by atoms with Crippen LogP contribution in [0.3, 0.4) is 0 Å². The molecule has 2 aromatic rings. The number of fused-ring (bicyclic) bond motifs is 4. The molecule has 2 atom stereocenters. The molecule has 1 fully saturated rings. The molecule has 0 radical (unpaired) electrons. The largest absolute Gasteiger partial charge is 0.322 e. The van der Waals surface area contributed by atoms with E-state index in [0.717, 1.165) is 24.5 Å². The zero-order chi connectivity index (χ0) is 17.7. The number of aromatic nitrogens is 1. The number of nitrogens with one attached hydrogen (secondary N) is 1. The molecule has 0 spiro atoms. The highest BCUT2D eigenvalue weighted by Gasteiger charge is 2.43. The number of anilines is 1. The normalized spacial score (nSPS) is 21.2. The van der Waals surface area contributed by atoms with Crippen LogP contribution in [0.25, 0.3) is 0 Å². The fourth-order valence-electron chi connectivity index (χ4n) is 3.72. The lowest BCUT2D eigenvalue weighted by Crippen LogP contribution is -2.44. The number of hydrogen-bond acceptors (Lipinski definition) is 2. The lowest BCUT2D eigenvalue weighted by molar-refractivity contribution is 0.178. The molecule has 2 aliphatic rings. The van der Waals surface area contributed by atoms with Crippen molar-refractivity contribution in [2.75, 3.05) is 5.32 Å². The van der Waals surface area contributed by atoms with Crippen molar-refractivity contribution in [1.82, 2.24) is 9.88 Å². The van der Waals surface area contributed by atoms with E-state index in [1.807, 2.05) is 0 Å². The van der Waals surface area contributed by atoms with Crippen LogP contribution in [0, 0.1) is 11.8 Å². The second-order valence-corrected chi connectivity index (χ2v) is 7.02. The first-order valence-corrected chi connectivity index (χ1v) is 8.58. The number of pyridine rings is 1. The van der Waals surface area contributed by atoms with Crippen LogP contribution in [-0.4, -0.2) is 22.0 Å². The van der Waals surface area contributed by atoms with E-state index < -0.39 is 17.8 Å². The highest BCUT2D eigenvalue weighted by Crippen LogP contribution is 2.44. The fraction of sp³-hybridized carbons (Fsp3) is 0.294. The first-order chi connectivity index (χ1) is 12.0. The average Bonchev–Trinajstić information content (AvgIpc) is 2.89. The van der Waals surface area contributed by atoms with E-state index in [1.165, 1.54) is 12.3 Å². The van der Waals surface area contributed by atoms with E-state index in [4.69, 9.17) is 23.2 Å². The van der Waals surface area contributed by atoms with Crippen LogP contribution in [-0.2, 0) is 6.42 Å². The Kier molecular flexibility index (Phi) is 4.04. The number of carbonyl (C=O) groups is 1. The molecule has 1 saturated heterocycles. The van der Waals surface area contributed by atoms with Gasteiger partial charge in [0.05, 0.1) is 21.8 Å². The third kappa shape index (κ3) is 2.73. The number of benzene rings is 1. The monoisotopic (exact) mass is 383 g/mol. The molecular formula is C17H13Cl2F2N3O. The van der Waals surface area contributed by atoms with E-state index in [1.54, 1.807) is 11.0 Å².